The maximum atomic E-state index is 13.1. The van der Waals surface area contributed by atoms with Crippen molar-refractivity contribution in [3.05, 3.63) is 59.2 Å². The van der Waals surface area contributed by atoms with Gasteiger partial charge in [-0.05, 0) is 70.1 Å². The lowest BCUT2D eigenvalue weighted by atomic mass is 10.1. The Kier molecular flexibility index (Phi) is 6.81. The average Bonchev–Trinajstić information content (AvgIpc) is 3.08. The summed E-state index contributed by atoms with van der Waals surface area (Å²) in [5.41, 5.74) is 4.62. The van der Waals surface area contributed by atoms with E-state index in [1.165, 1.54) is 21.4 Å². The summed E-state index contributed by atoms with van der Waals surface area (Å²) in [5, 5.41) is 0.820. The van der Waals surface area contributed by atoms with E-state index in [9.17, 15) is 4.79 Å². The molecule has 5 heteroatoms. The molecule has 0 atom stereocenters. The Balaban J connectivity index is 1.81. The van der Waals surface area contributed by atoms with Crippen molar-refractivity contribution in [2.75, 3.05) is 32.1 Å². The van der Waals surface area contributed by atoms with Crippen LogP contribution < -0.4 is 4.90 Å². The van der Waals surface area contributed by atoms with E-state index >= 15 is 0 Å². The van der Waals surface area contributed by atoms with E-state index in [0.29, 0.717) is 13.0 Å². The van der Waals surface area contributed by atoms with Crippen LogP contribution in [0.5, 0.6) is 0 Å². The van der Waals surface area contributed by atoms with E-state index < -0.39 is 0 Å². The number of hydrogen-bond donors (Lipinski definition) is 0. The SMILES string of the molecule is Cc1cc(C)c2sc(N(CCCN(C)C)C(=O)CCc3ccccc3)nc2c1. The summed E-state index contributed by atoms with van der Waals surface area (Å²) < 4.78 is 1.18. The van der Waals surface area contributed by atoms with Gasteiger partial charge in [0.25, 0.3) is 0 Å². The Hall–Kier alpha value is -2.24. The van der Waals surface area contributed by atoms with Crippen LogP contribution in [0.15, 0.2) is 42.5 Å². The van der Waals surface area contributed by atoms with Crippen LogP contribution in [-0.4, -0.2) is 43.0 Å². The third-order valence-corrected chi connectivity index (χ3v) is 6.03. The van der Waals surface area contributed by atoms with Crippen LogP contribution in [0.4, 0.5) is 5.13 Å². The van der Waals surface area contributed by atoms with Crippen molar-refractivity contribution in [3.63, 3.8) is 0 Å². The number of fused-ring (bicyclic) bond motifs is 1. The zero-order valence-electron chi connectivity index (χ0n) is 17.2. The van der Waals surface area contributed by atoms with E-state index in [4.69, 9.17) is 4.98 Å². The third-order valence-electron chi connectivity index (χ3n) is 4.80. The second-order valence-electron chi connectivity index (χ2n) is 7.61. The van der Waals surface area contributed by atoms with Crippen molar-refractivity contribution in [2.24, 2.45) is 0 Å². The zero-order valence-corrected chi connectivity index (χ0v) is 18.1. The lowest BCUT2D eigenvalue weighted by Crippen LogP contribution is -2.33. The van der Waals surface area contributed by atoms with Gasteiger partial charge in [0.1, 0.15) is 0 Å². The second-order valence-corrected chi connectivity index (χ2v) is 8.59. The fraction of sp³-hybridized carbons (Fsp3) is 0.391. The van der Waals surface area contributed by atoms with Crippen molar-refractivity contribution in [2.45, 2.75) is 33.1 Å². The minimum Gasteiger partial charge on any atom is -0.309 e. The summed E-state index contributed by atoms with van der Waals surface area (Å²) in [4.78, 5) is 22.0. The van der Waals surface area contributed by atoms with Crippen LogP contribution in [0.1, 0.15) is 29.5 Å². The van der Waals surface area contributed by atoms with E-state index in [-0.39, 0.29) is 5.91 Å². The monoisotopic (exact) mass is 395 g/mol. The van der Waals surface area contributed by atoms with Gasteiger partial charge in [0.2, 0.25) is 5.91 Å². The van der Waals surface area contributed by atoms with Gasteiger partial charge in [0, 0.05) is 13.0 Å². The maximum absolute atomic E-state index is 13.1. The smallest absolute Gasteiger partial charge is 0.229 e. The molecule has 4 nitrogen and oxygen atoms in total. The third kappa shape index (κ3) is 5.18. The number of thiazole rings is 1. The fourth-order valence-corrected chi connectivity index (χ4v) is 4.44. The lowest BCUT2D eigenvalue weighted by molar-refractivity contribution is -0.118. The predicted octanol–water partition coefficient (Wildman–Crippen LogP) is 4.83. The number of anilines is 1. The highest BCUT2D eigenvalue weighted by Gasteiger charge is 2.20. The van der Waals surface area contributed by atoms with Crippen molar-refractivity contribution in [1.29, 1.82) is 0 Å². The summed E-state index contributed by atoms with van der Waals surface area (Å²) in [5.74, 6) is 0.149. The molecular weight excluding hydrogens is 366 g/mol. The minimum atomic E-state index is 0.149. The largest absolute Gasteiger partial charge is 0.309 e. The van der Waals surface area contributed by atoms with Crippen LogP contribution in [0.2, 0.25) is 0 Å². The summed E-state index contributed by atoms with van der Waals surface area (Å²) in [6.07, 6.45) is 2.19. The Labute approximate surface area is 171 Å². The highest BCUT2D eigenvalue weighted by molar-refractivity contribution is 7.22. The number of rotatable bonds is 8. The van der Waals surface area contributed by atoms with Crippen LogP contribution in [-0.2, 0) is 11.2 Å². The Morgan fingerprint density at radius 3 is 2.54 bits per heavy atom. The average molecular weight is 396 g/mol. The van der Waals surface area contributed by atoms with Crippen molar-refractivity contribution < 1.29 is 4.79 Å². The first kappa shape index (κ1) is 20.5. The number of nitrogens with zero attached hydrogens (tertiary/aromatic N) is 3. The number of benzene rings is 2. The molecule has 0 radical (unpaired) electrons. The molecule has 0 saturated heterocycles. The van der Waals surface area contributed by atoms with Crippen LogP contribution >= 0.6 is 11.3 Å². The predicted molar refractivity (Wildman–Crippen MR) is 119 cm³/mol. The van der Waals surface area contributed by atoms with Gasteiger partial charge in [-0.15, -0.1) is 0 Å². The molecule has 148 valence electrons. The normalized spacial score (nSPS) is 11.3. The van der Waals surface area contributed by atoms with Crippen LogP contribution in [0.3, 0.4) is 0 Å². The van der Waals surface area contributed by atoms with Crippen LogP contribution in [0, 0.1) is 13.8 Å². The number of carbonyl (C=O) groups is 1. The molecule has 1 heterocycles. The van der Waals surface area contributed by atoms with Gasteiger partial charge in [-0.25, -0.2) is 4.98 Å². The zero-order chi connectivity index (χ0) is 20.1. The number of aromatic nitrogens is 1. The molecule has 0 bridgehead atoms. The number of amides is 1. The Bertz CT molecular complexity index is 934. The van der Waals surface area contributed by atoms with Gasteiger partial charge < -0.3 is 4.90 Å². The maximum Gasteiger partial charge on any atom is 0.229 e. The molecule has 2 aromatic carbocycles. The highest BCUT2D eigenvalue weighted by atomic mass is 32.1. The molecule has 0 aliphatic rings. The summed E-state index contributed by atoms with van der Waals surface area (Å²) >= 11 is 1.63. The molecule has 28 heavy (non-hydrogen) atoms. The highest BCUT2D eigenvalue weighted by Crippen LogP contribution is 2.32. The molecule has 0 aliphatic carbocycles. The van der Waals surface area contributed by atoms with Gasteiger partial charge in [-0.3, -0.25) is 9.69 Å². The second kappa shape index (κ2) is 9.30. The molecular formula is C23H29N3OS. The fourth-order valence-electron chi connectivity index (χ4n) is 3.38. The summed E-state index contributed by atoms with van der Waals surface area (Å²) in [6, 6.07) is 14.5. The van der Waals surface area contributed by atoms with Gasteiger partial charge >= 0.3 is 0 Å². The van der Waals surface area contributed by atoms with E-state index in [1.54, 1.807) is 11.3 Å². The van der Waals surface area contributed by atoms with E-state index in [1.807, 2.05) is 23.1 Å². The molecule has 0 aliphatic heterocycles. The van der Waals surface area contributed by atoms with Crippen molar-refractivity contribution >= 4 is 32.6 Å². The molecule has 3 aromatic rings. The van der Waals surface area contributed by atoms with Crippen LogP contribution in [0.25, 0.3) is 10.2 Å². The standard InChI is InChI=1S/C23H29N3OS/c1-17-15-18(2)22-20(16-17)24-23(28-22)26(14-8-13-25(3)4)21(27)12-11-19-9-6-5-7-10-19/h5-7,9-10,15-16H,8,11-14H2,1-4H3. The van der Waals surface area contributed by atoms with Gasteiger partial charge in [-0.1, -0.05) is 47.7 Å². The number of hydrogen-bond acceptors (Lipinski definition) is 4. The number of aryl methyl sites for hydroxylation is 3. The lowest BCUT2D eigenvalue weighted by Gasteiger charge is -2.21. The molecule has 3 rings (SSSR count). The summed E-state index contributed by atoms with van der Waals surface area (Å²) in [6.45, 7) is 5.85. The molecule has 1 amide bonds. The van der Waals surface area contributed by atoms with Crippen molar-refractivity contribution in [3.8, 4) is 0 Å². The first-order valence-corrected chi connectivity index (χ1v) is 10.6. The Morgan fingerprint density at radius 1 is 1.07 bits per heavy atom. The summed E-state index contributed by atoms with van der Waals surface area (Å²) in [7, 11) is 4.12. The Morgan fingerprint density at radius 2 is 1.82 bits per heavy atom. The first-order valence-electron chi connectivity index (χ1n) is 9.81. The number of carbonyl (C=O) groups excluding carboxylic acids is 1. The molecule has 0 saturated carbocycles. The van der Waals surface area contributed by atoms with Crippen molar-refractivity contribution in [1.82, 2.24) is 9.88 Å². The molecule has 0 N–H and O–H groups in total. The van der Waals surface area contributed by atoms with Gasteiger partial charge in [0.15, 0.2) is 5.13 Å². The molecule has 0 unspecified atom stereocenters. The topological polar surface area (TPSA) is 36.4 Å². The molecule has 1 aromatic heterocycles. The minimum absolute atomic E-state index is 0.149. The van der Waals surface area contributed by atoms with Gasteiger partial charge in [0.05, 0.1) is 10.2 Å². The van der Waals surface area contributed by atoms with E-state index in [0.717, 1.165) is 30.0 Å². The van der Waals surface area contributed by atoms with E-state index in [2.05, 4.69) is 57.1 Å². The quantitative estimate of drug-likeness (QED) is 0.548. The molecule has 0 fully saturated rings. The molecule has 0 spiro atoms. The first-order chi connectivity index (χ1) is 13.4. The van der Waals surface area contributed by atoms with Gasteiger partial charge in [-0.2, -0.15) is 0 Å².